The van der Waals surface area contributed by atoms with Gasteiger partial charge in [-0.15, -0.1) is 0 Å². The van der Waals surface area contributed by atoms with Crippen LogP contribution in [0.3, 0.4) is 0 Å². The van der Waals surface area contributed by atoms with E-state index in [9.17, 15) is 19.2 Å². The Hall–Kier alpha value is -3.68. The van der Waals surface area contributed by atoms with Crippen molar-refractivity contribution in [2.24, 2.45) is 0 Å². The normalized spacial score (nSPS) is 19.3. The minimum atomic E-state index is -1.02. The number of barbiturate groups is 1. The standard InChI is InChI=1S/C22H20N2O6/c25-19-17(20(26)24(22(29)23-19)15-4-2-1-3-5-15)12-16-10-11-18(30-16)13-6-8-14(9-7-13)21(27)28/h6-12,15H,1-5H2,(H,27,28)(H,23,25,29). The van der Waals surface area contributed by atoms with Gasteiger partial charge in [-0.3, -0.25) is 19.8 Å². The van der Waals surface area contributed by atoms with Gasteiger partial charge in [0.15, 0.2) is 0 Å². The SMILES string of the molecule is O=C1NC(=O)N(C2CCCCC2)C(=O)C1=Cc1ccc(-c2ccc(C(=O)O)cc2)o1. The van der Waals surface area contributed by atoms with Gasteiger partial charge >= 0.3 is 12.0 Å². The Morgan fingerprint density at radius 1 is 1.03 bits per heavy atom. The number of nitrogens with one attached hydrogen (secondary N) is 1. The number of imide groups is 2. The molecule has 30 heavy (non-hydrogen) atoms. The molecule has 8 nitrogen and oxygen atoms in total. The van der Waals surface area contributed by atoms with E-state index in [0.717, 1.165) is 37.0 Å². The third-order valence-electron chi connectivity index (χ3n) is 5.40. The van der Waals surface area contributed by atoms with Crippen molar-refractivity contribution in [3.63, 3.8) is 0 Å². The highest BCUT2D eigenvalue weighted by atomic mass is 16.4. The molecule has 0 bridgehead atoms. The summed E-state index contributed by atoms with van der Waals surface area (Å²) in [6, 6.07) is 8.54. The number of aromatic carboxylic acids is 1. The number of carbonyl (C=O) groups excluding carboxylic acids is 3. The van der Waals surface area contributed by atoms with E-state index in [-0.39, 0.29) is 22.9 Å². The fourth-order valence-corrected chi connectivity index (χ4v) is 3.85. The summed E-state index contributed by atoms with van der Waals surface area (Å²) in [6.07, 6.45) is 5.75. The maximum absolute atomic E-state index is 12.9. The zero-order valence-electron chi connectivity index (χ0n) is 16.1. The van der Waals surface area contributed by atoms with Crippen molar-refractivity contribution in [1.29, 1.82) is 0 Å². The van der Waals surface area contributed by atoms with Crippen LogP contribution >= 0.6 is 0 Å². The van der Waals surface area contributed by atoms with E-state index in [0.29, 0.717) is 11.3 Å². The van der Waals surface area contributed by atoms with Crippen LogP contribution in [-0.2, 0) is 9.59 Å². The molecule has 154 valence electrons. The fraction of sp³-hybridized carbons (Fsp3) is 0.273. The molecule has 1 aliphatic heterocycles. The highest BCUT2D eigenvalue weighted by Crippen LogP contribution is 2.28. The third kappa shape index (κ3) is 3.76. The van der Waals surface area contributed by atoms with Crippen LogP contribution in [0, 0.1) is 0 Å². The van der Waals surface area contributed by atoms with Crippen molar-refractivity contribution in [3.8, 4) is 11.3 Å². The largest absolute Gasteiger partial charge is 0.478 e. The van der Waals surface area contributed by atoms with E-state index < -0.39 is 23.8 Å². The van der Waals surface area contributed by atoms with Gasteiger partial charge in [-0.05, 0) is 43.2 Å². The lowest BCUT2D eigenvalue weighted by molar-refractivity contribution is -0.132. The van der Waals surface area contributed by atoms with Gasteiger partial charge in [0.25, 0.3) is 11.8 Å². The number of carboxylic acids is 1. The molecular formula is C22H20N2O6. The number of carboxylic acid groups (broad SMARTS) is 1. The molecule has 4 rings (SSSR count). The summed E-state index contributed by atoms with van der Waals surface area (Å²) < 4.78 is 5.72. The van der Waals surface area contributed by atoms with Crippen LogP contribution in [0.5, 0.6) is 0 Å². The number of amides is 4. The van der Waals surface area contributed by atoms with E-state index in [1.807, 2.05) is 0 Å². The number of urea groups is 1. The van der Waals surface area contributed by atoms with Crippen molar-refractivity contribution < 1.29 is 28.7 Å². The van der Waals surface area contributed by atoms with Crippen molar-refractivity contribution in [2.45, 2.75) is 38.1 Å². The van der Waals surface area contributed by atoms with Gasteiger partial charge in [0, 0.05) is 11.6 Å². The van der Waals surface area contributed by atoms with Crippen molar-refractivity contribution in [3.05, 3.63) is 53.3 Å². The minimum absolute atomic E-state index is 0.151. The Bertz CT molecular complexity index is 1040. The molecule has 4 amide bonds. The second-order valence-corrected chi connectivity index (χ2v) is 7.37. The highest BCUT2D eigenvalue weighted by molar-refractivity contribution is 6.31. The van der Waals surface area contributed by atoms with Crippen LogP contribution in [0.15, 0.2) is 46.4 Å². The average molecular weight is 408 g/mol. The third-order valence-corrected chi connectivity index (χ3v) is 5.40. The second-order valence-electron chi connectivity index (χ2n) is 7.37. The fourth-order valence-electron chi connectivity index (χ4n) is 3.85. The number of nitrogens with zero attached hydrogens (tertiary/aromatic N) is 1. The molecule has 0 atom stereocenters. The van der Waals surface area contributed by atoms with Gasteiger partial charge in [-0.1, -0.05) is 31.4 Å². The van der Waals surface area contributed by atoms with Crippen molar-refractivity contribution >= 4 is 29.9 Å². The molecule has 1 aromatic carbocycles. The second kappa shape index (κ2) is 7.98. The molecular weight excluding hydrogens is 388 g/mol. The minimum Gasteiger partial charge on any atom is -0.478 e. The first-order valence-electron chi connectivity index (χ1n) is 9.78. The summed E-state index contributed by atoms with van der Waals surface area (Å²) in [4.78, 5) is 49.6. The zero-order chi connectivity index (χ0) is 21.3. The van der Waals surface area contributed by atoms with Crippen molar-refractivity contribution in [2.75, 3.05) is 0 Å². The molecule has 2 fully saturated rings. The van der Waals surface area contributed by atoms with E-state index in [4.69, 9.17) is 9.52 Å². The summed E-state index contributed by atoms with van der Waals surface area (Å²) in [7, 11) is 0. The van der Waals surface area contributed by atoms with Crippen molar-refractivity contribution in [1.82, 2.24) is 10.2 Å². The summed E-state index contributed by atoms with van der Waals surface area (Å²) in [5, 5.41) is 11.2. The van der Waals surface area contributed by atoms with Gasteiger partial charge in [-0.2, -0.15) is 0 Å². The van der Waals surface area contributed by atoms with E-state index >= 15 is 0 Å². The summed E-state index contributed by atoms with van der Waals surface area (Å²) >= 11 is 0. The predicted octanol–water partition coefficient (Wildman–Crippen LogP) is 3.44. The van der Waals surface area contributed by atoms with Crippen LogP contribution < -0.4 is 5.32 Å². The Labute approximate surface area is 172 Å². The predicted molar refractivity (Wildman–Crippen MR) is 106 cm³/mol. The lowest BCUT2D eigenvalue weighted by Crippen LogP contribution is -2.58. The van der Waals surface area contributed by atoms with Gasteiger partial charge in [-0.25, -0.2) is 9.59 Å². The van der Waals surface area contributed by atoms with Crippen LogP contribution in [-0.4, -0.2) is 39.9 Å². The molecule has 8 heteroatoms. The monoisotopic (exact) mass is 408 g/mol. The van der Waals surface area contributed by atoms with Crippen LogP contribution in [0.25, 0.3) is 17.4 Å². The summed E-state index contributed by atoms with van der Waals surface area (Å²) in [6.45, 7) is 0. The van der Waals surface area contributed by atoms with Gasteiger partial charge in [0.1, 0.15) is 17.1 Å². The molecule has 0 radical (unpaired) electrons. The molecule has 2 heterocycles. The van der Waals surface area contributed by atoms with Crippen LogP contribution in [0.2, 0.25) is 0 Å². The smallest absolute Gasteiger partial charge is 0.335 e. The topological polar surface area (TPSA) is 117 Å². The lowest BCUT2D eigenvalue weighted by Gasteiger charge is -2.35. The lowest BCUT2D eigenvalue weighted by atomic mass is 9.93. The first kappa shape index (κ1) is 19.6. The molecule has 1 aromatic heterocycles. The molecule has 1 aliphatic carbocycles. The molecule has 2 aliphatic rings. The Kier molecular flexibility index (Phi) is 5.22. The number of hydrogen-bond acceptors (Lipinski definition) is 5. The number of furan rings is 1. The summed E-state index contributed by atoms with van der Waals surface area (Å²) in [5.74, 6) is -1.64. The maximum Gasteiger partial charge on any atom is 0.335 e. The number of benzene rings is 1. The van der Waals surface area contributed by atoms with Crippen LogP contribution in [0.4, 0.5) is 4.79 Å². The van der Waals surface area contributed by atoms with E-state index in [2.05, 4.69) is 5.32 Å². The van der Waals surface area contributed by atoms with Crippen LogP contribution in [0.1, 0.15) is 48.2 Å². The molecule has 0 spiro atoms. The highest BCUT2D eigenvalue weighted by Gasteiger charge is 2.40. The molecule has 1 saturated heterocycles. The first-order chi connectivity index (χ1) is 14.4. The Morgan fingerprint density at radius 2 is 1.73 bits per heavy atom. The zero-order valence-corrected chi connectivity index (χ0v) is 16.1. The first-order valence-corrected chi connectivity index (χ1v) is 9.78. The van der Waals surface area contributed by atoms with E-state index in [1.165, 1.54) is 18.2 Å². The number of rotatable bonds is 4. The van der Waals surface area contributed by atoms with Gasteiger partial charge in [0.05, 0.1) is 5.56 Å². The Balaban J connectivity index is 1.59. The van der Waals surface area contributed by atoms with Gasteiger partial charge < -0.3 is 9.52 Å². The summed E-state index contributed by atoms with van der Waals surface area (Å²) in [5.41, 5.74) is 0.662. The molecule has 2 aromatic rings. The molecule has 1 saturated carbocycles. The number of hydrogen-bond donors (Lipinski definition) is 2. The van der Waals surface area contributed by atoms with E-state index in [1.54, 1.807) is 24.3 Å². The quantitative estimate of drug-likeness (QED) is 0.591. The average Bonchev–Trinajstić information content (AvgIpc) is 3.20. The Morgan fingerprint density at radius 3 is 2.40 bits per heavy atom. The number of carbonyl (C=O) groups is 4. The maximum atomic E-state index is 12.9. The molecule has 0 unspecified atom stereocenters. The van der Waals surface area contributed by atoms with Gasteiger partial charge in [0.2, 0.25) is 0 Å². The molecule has 2 N–H and O–H groups in total.